The van der Waals surface area contributed by atoms with Crippen LogP contribution in [-0.4, -0.2) is 48.6 Å². The highest BCUT2D eigenvalue weighted by molar-refractivity contribution is 6.34. The van der Waals surface area contributed by atoms with Crippen LogP contribution in [0.4, 0.5) is 18.9 Å². The van der Waals surface area contributed by atoms with E-state index in [0.29, 0.717) is 0 Å². The minimum atomic E-state index is -4.62. The van der Waals surface area contributed by atoms with Gasteiger partial charge in [0.2, 0.25) is 5.91 Å². The van der Waals surface area contributed by atoms with E-state index in [4.69, 9.17) is 16.3 Å². The number of amides is 3. The summed E-state index contributed by atoms with van der Waals surface area (Å²) in [5.74, 6) is -1.88. The van der Waals surface area contributed by atoms with Crippen molar-refractivity contribution in [2.45, 2.75) is 51.9 Å². The van der Waals surface area contributed by atoms with Crippen LogP contribution in [0.15, 0.2) is 12.1 Å². The Balaban J connectivity index is 2.29. The minimum Gasteiger partial charge on any atom is -0.476 e. The molecule has 1 heterocycles. The topological polar surface area (TPSA) is 87.7 Å². The largest absolute Gasteiger partial charge is 0.476 e. The third-order valence-electron chi connectivity index (χ3n) is 4.15. The molecule has 30 heavy (non-hydrogen) atoms. The van der Waals surface area contributed by atoms with Crippen molar-refractivity contribution < 1.29 is 32.3 Å². The first kappa shape index (κ1) is 23.8. The molecule has 0 bridgehead atoms. The second-order valence-corrected chi connectivity index (χ2v) is 8.05. The summed E-state index contributed by atoms with van der Waals surface area (Å²) < 4.78 is 42.6. The van der Waals surface area contributed by atoms with Gasteiger partial charge in [-0.1, -0.05) is 11.6 Å². The lowest BCUT2D eigenvalue weighted by Gasteiger charge is -2.39. The zero-order chi connectivity index (χ0) is 22.9. The van der Waals surface area contributed by atoms with Crippen molar-refractivity contribution in [3.63, 3.8) is 0 Å². The number of hydrogen-bond acceptors (Lipinski definition) is 4. The van der Waals surface area contributed by atoms with Gasteiger partial charge in [-0.3, -0.25) is 14.4 Å². The average Bonchev–Trinajstić information content (AvgIpc) is 2.55. The summed E-state index contributed by atoms with van der Waals surface area (Å²) >= 11 is 6.22. The van der Waals surface area contributed by atoms with E-state index in [1.54, 1.807) is 13.8 Å². The molecular formula is C19H23ClF3N3O4. The van der Waals surface area contributed by atoms with E-state index in [2.05, 4.69) is 10.6 Å². The van der Waals surface area contributed by atoms with Gasteiger partial charge in [0.1, 0.15) is 12.2 Å². The summed E-state index contributed by atoms with van der Waals surface area (Å²) in [6.07, 6.45) is -6.23. The van der Waals surface area contributed by atoms with Crippen LogP contribution >= 0.6 is 11.6 Å². The molecule has 2 N–H and O–H groups in total. The molecule has 0 aliphatic carbocycles. The van der Waals surface area contributed by atoms with Gasteiger partial charge in [-0.25, -0.2) is 0 Å². The molecule has 0 unspecified atom stereocenters. The number of fused-ring (bicyclic) bond motifs is 1. The number of anilines is 1. The monoisotopic (exact) mass is 449 g/mol. The van der Waals surface area contributed by atoms with Gasteiger partial charge in [0.25, 0.3) is 11.8 Å². The fourth-order valence-corrected chi connectivity index (χ4v) is 3.12. The van der Waals surface area contributed by atoms with Gasteiger partial charge in [-0.15, -0.1) is 0 Å². The van der Waals surface area contributed by atoms with Crippen LogP contribution < -0.4 is 20.3 Å². The number of carbonyl (C=O) groups excluding carboxylic acids is 3. The van der Waals surface area contributed by atoms with Gasteiger partial charge in [-0.2, -0.15) is 13.2 Å². The molecular weight excluding hydrogens is 427 g/mol. The highest BCUT2D eigenvalue weighted by atomic mass is 35.5. The Hall–Kier alpha value is -2.49. The predicted molar refractivity (Wildman–Crippen MR) is 105 cm³/mol. The maximum absolute atomic E-state index is 12.8. The highest BCUT2D eigenvalue weighted by Gasteiger charge is 2.41. The maximum atomic E-state index is 12.8. The second-order valence-electron chi connectivity index (χ2n) is 7.64. The molecule has 0 aromatic heterocycles. The van der Waals surface area contributed by atoms with Gasteiger partial charge >= 0.3 is 6.18 Å². The minimum absolute atomic E-state index is 0.116. The van der Waals surface area contributed by atoms with Crippen molar-refractivity contribution in [3.8, 4) is 5.75 Å². The standard InChI is InChI=1S/C19H23ClF3N3O4/c1-10(2)25-16(28)11-7-13-14(8-12(11)20)30-18(3,4)17(29)26(13)6-5-24-15(27)9-19(21,22)23/h7-8,10H,5-6,9H2,1-4H3,(H,24,27)(H,25,28). The maximum Gasteiger partial charge on any atom is 0.397 e. The third kappa shape index (κ3) is 5.78. The number of halogens is 4. The lowest BCUT2D eigenvalue weighted by atomic mass is 10.0. The molecule has 1 aromatic carbocycles. The summed E-state index contributed by atoms with van der Waals surface area (Å²) in [6, 6.07) is 2.65. The Kier molecular flexibility index (Phi) is 6.90. The molecule has 1 aromatic rings. The predicted octanol–water partition coefficient (Wildman–Crippen LogP) is 3.05. The molecule has 7 nitrogen and oxygen atoms in total. The Morgan fingerprint density at radius 2 is 1.90 bits per heavy atom. The molecule has 0 fully saturated rings. The van der Waals surface area contributed by atoms with E-state index in [0.717, 1.165) is 0 Å². The van der Waals surface area contributed by atoms with Crippen LogP contribution in [0.1, 0.15) is 44.5 Å². The quantitative estimate of drug-likeness (QED) is 0.698. The highest BCUT2D eigenvalue weighted by Crippen LogP contribution is 2.41. The molecule has 0 radical (unpaired) electrons. The molecule has 1 aliphatic rings. The van der Waals surface area contributed by atoms with Crippen molar-refractivity contribution in [1.29, 1.82) is 0 Å². The average molecular weight is 450 g/mol. The van der Waals surface area contributed by atoms with Crippen molar-refractivity contribution in [1.82, 2.24) is 10.6 Å². The summed E-state index contributed by atoms with van der Waals surface area (Å²) in [6.45, 7) is 6.27. The molecule has 0 saturated carbocycles. The van der Waals surface area contributed by atoms with Gasteiger partial charge in [0, 0.05) is 25.2 Å². The van der Waals surface area contributed by atoms with E-state index in [-0.39, 0.29) is 41.2 Å². The number of ether oxygens (including phenoxy) is 1. The first-order valence-electron chi connectivity index (χ1n) is 9.20. The number of hydrogen-bond donors (Lipinski definition) is 2. The molecule has 3 amide bonds. The molecule has 0 atom stereocenters. The molecule has 1 aliphatic heterocycles. The summed E-state index contributed by atoms with van der Waals surface area (Å²) in [5.41, 5.74) is -0.914. The zero-order valence-electron chi connectivity index (χ0n) is 16.9. The number of nitrogens with one attached hydrogen (secondary N) is 2. The van der Waals surface area contributed by atoms with Crippen LogP contribution in [0.25, 0.3) is 0 Å². The van der Waals surface area contributed by atoms with Crippen LogP contribution in [0.3, 0.4) is 0 Å². The fourth-order valence-electron chi connectivity index (χ4n) is 2.88. The van der Waals surface area contributed by atoms with E-state index in [9.17, 15) is 27.6 Å². The normalized spacial score (nSPS) is 15.5. The zero-order valence-corrected chi connectivity index (χ0v) is 17.7. The number of rotatable bonds is 6. The molecule has 2 rings (SSSR count). The van der Waals surface area contributed by atoms with Gasteiger partial charge in [0.05, 0.1) is 16.3 Å². The molecule has 166 valence electrons. The van der Waals surface area contributed by atoms with Gasteiger partial charge in [-0.05, 0) is 33.8 Å². The van der Waals surface area contributed by atoms with E-state index >= 15 is 0 Å². The number of benzene rings is 1. The van der Waals surface area contributed by atoms with Crippen LogP contribution in [-0.2, 0) is 9.59 Å². The SMILES string of the molecule is CC(C)NC(=O)c1cc2c(cc1Cl)OC(C)(C)C(=O)N2CCNC(=O)CC(F)(F)F. The number of carbonyl (C=O) groups is 3. The van der Waals surface area contributed by atoms with Crippen LogP contribution in [0, 0.1) is 0 Å². The van der Waals surface area contributed by atoms with Crippen LogP contribution in [0.5, 0.6) is 5.75 Å². The van der Waals surface area contributed by atoms with E-state index in [1.807, 2.05) is 0 Å². The van der Waals surface area contributed by atoms with E-state index in [1.165, 1.54) is 30.9 Å². The molecule has 11 heteroatoms. The van der Waals surface area contributed by atoms with Crippen molar-refractivity contribution >= 4 is 35.0 Å². The van der Waals surface area contributed by atoms with E-state index < -0.39 is 35.9 Å². The molecule has 0 saturated heterocycles. The Labute approximate surface area is 176 Å². The smallest absolute Gasteiger partial charge is 0.397 e. The Bertz CT molecular complexity index is 856. The lowest BCUT2D eigenvalue weighted by Crippen LogP contribution is -2.54. The fraction of sp³-hybridized carbons (Fsp3) is 0.526. The number of nitrogens with zero attached hydrogens (tertiary/aromatic N) is 1. The second kappa shape index (κ2) is 8.71. The first-order valence-corrected chi connectivity index (χ1v) is 9.58. The lowest BCUT2D eigenvalue weighted by molar-refractivity contribution is -0.153. The first-order chi connectivity index (χ1) is 13.7. The molecule has 0 spiro atoms. The third-order valence-corrected chi connectivity index (χ3v) is 4.46. The van der Waals surface area contributed by atoms with Crippen molar-refractivity contribution in [2.75, 3.05) is 18.0 Å². The Morgan fingerprint density at radius 1 is 1.27 bits per heavy atom. The Morgan fingerprint density at radius 3 is 2.47 bits per heavy atom. The van der Waals surface area contributed by atoms with Crippen molar-refractivity contribution in [3.05, 3.63) is 22.7 Å². The summed E-state index contributed by atoms with van der Waals surface area (Å²) in [7, 11) is 0. The van der Waals surface area contributed by atoms with Crippen molar-refractivity contribution in [2.24, 2.45) is 0 Å². The van der Waals surface area contributed by atoms with Crippen LogP contribution in [0.2, 0.25) is 5.02 Å². The summed E-state index contributed by atoms with van der Waals surface area (Å²) in [5, 5.41) is 4.96. The van der Waals surface area contributed by atoms with Gasteiger partial charge in [0.15, 0.2) is 5.60 Å². The number of alkyl halides is 3. The summed E-state index contributed by atoms with van der Waals surface area (Å²) in [4.78, 5) is 37.9. The van der Waals surface area contributed by atoms with Gasteiger partial charge < -0.3 is 20.3 Å².